The highest BCUT2D eigenvalue weighted by atomic mass is 16.7. The van der Waals surface area contributed by atoms with Gasteiger partial charge in [0.2, 0.25) is 17.1 Å². The maximum Gasteiger partial charge on any atom is 0.215 e. The summed E-state index contributed by atoms with van der Waals surface area (Å²) < 4.78 is 17.7. The molecule has 0 amide bonds. The normalized spacial score (nSPS) is 29.8. The minimum absolute atomic E-state index is 0.314. The Balaban J connectivity index is 1.88. The van der Waals surface area contributed by atoms with Gasteiger partial charge in [-0.05, 0) is 36.6 Å². The number of nitrogens with zero attached hydrogens (tertiary/aromatic N) is 3. The molecule has 32 heavy (non-hydrogen) atoms. The van der Waals surface area contributed by atoms with E-state index >= 15 is 0 Å². The number of nitriles is 3. The zero-order chi connectivity index (χ0) is 23.0. The molecule has 7 nitrogen and oxygen atoms in total. The molecule has 2 aromatic carbocycles. The van der Waals surface area contributed by atoms with Crippen LogP contribution in [0.15, 0.2) is 54.6 Å². The molecule has 2 fully saturated rings. The second kappa shape index (κ2) is 7.68. The average molecular weight is 426 g/mol. The highest BCUT2D eigenvalue weighted by Gasteiger charge is 2.79. The van der Waals surface area contributed by atoms with Crippen LogP contribution in [-0.4, -0.2) is 18.3 Å². The zero-order valence-electron chi connectivity index (χ0n) is 17.8. The fourth-order valence-electron chi connectivity index (χ4n) is 4.94. The Kier molecular flexibility index (Phi) is 5.13. The van der Waals surface area contributed by atoms with Crippen molar-refractivity contribution in [3.8, 4) is 24.0 Å². The van der Waals surface area contributed by atoms with Crippen LogP contribution in [0.1, 0.15) is 31.1 Å². The van der Waals surface area contributed by atoms with Crippen molar-refractivity contribution in [2.45, 2.75) is 32.2 Å². The SMILES string of the molecule is CCOc1ccc(C2OC3(C)OC(=N)C(C#N)(C3Cc3ccccc3)C2(C#N)C#N)cc1. The first-order valence-corrected chi connectivity index (χ1v) is 10.4. The van der Waals surface area contributed by atoms with Gasteiger partial charge < -0.3 is 14.2 Å². The van der Waals surface area contributed by atoms with Gasteiger partial charge in [0.05, 0.1) is 30.7 Å². The summed E-state index contributed by atoms with van der Waals surface area (Å²) in [5, 5.41) is 39.7. The molecule has 2 bridgehead atoms. The second-order valence-corrected chi connectivity index (χ2v) is 8.14. The minimum atomic E-state index is -1.98. The minimum Gasteiger partial charge on any atom is -0.494 e. The summed E-state index contributed by atoms with van der Waals surface area (Å²) in [6.45, 7) is 4.05. The Hall–Kier alpha value is -3.86. The molecule has 0 radical (unpaired) electrons. The molecule has 0 saturated carbocycles. The van der Waals surface area contributed by atoms with E-state index in [4.69, 9.17) is 19.6 Å². The molecule has 2 aromatic rings. The number of fused-ring (bicyclic) bond motifs is 2. The summed E-state index contributed by atoms with van der Waals surface area (Å²) in [4.78, 5) is 0. The third kappa shape index (κ3) is 2.78. The number of hydrogen-bond acceptors (Lipinski definition) is 7. The summed E-state index contributed by atoms with van der Waals surface area (Å²) in [6.07, 6.45) is -0.776. The highest BCUT2D eigenvalue weighted by Crippen LogP contribution is 2.66. The molecule has 4 atom stereocenters. The lowest BCUT2D eigenvalue weighted by Crippen LogP contribution is -2.59. The third-order valence-corrected chi connectivity index (χ3v) is 6.49. The van der Waals surface area contributed by atoms with Gasteiger partial charge in [0.15, 0.2) is 5.41 Å². The predicted molar refractivity (Wildman–Crippen MR) is 114 cm³/mol. The Morgan fingerprint density at radius 2 is 1.66 bits per heavy atom. The van der Waals surface area contributed by atoms with Crippen molar-refractivity contribution < 1.29 is 14.2 Å². The number of nitrogens with one attached hydrogen (secondary N) is 1. The number of hydrogen-bond donors (Lipinski definition) is 1. The summed E-state index contributed by atoms with van der Waals surface area (Å²) in [5.74, 6) is -1.85. The van der Waals surface area contributed by atoms with Crippen LogP contribution in [0.3, 0.4) is 0 Å². The van der Waals surface area contributed by atoms with Gasteiger partial charge in [-0.15, -0.1) is 0 Å². The molecule has 2 aliphatic heterocycles. The van der Waals surface area contributed by atoms with E-state index in [2.05, 4.69) is 18.2 Å². The molecule has 4 unspecified atom stereocenters. The molecule has 0 aromatic heterocycles. The van der Waals surface area contributed by atoms with Crippen LogP contribution < -0.4 is 4.74 Å². The van der Waals surface area contributed by atoms with Gasteiger partial charge in [-0.3, -0.25) is 5.41 Å². The van der Waals surface area contributed by atoms with E-state index in [9.17, 15) is 15.8 Å². The molecular formula is C25H22N4O3. The smallest absolute Gasteiger partial charge is 0.215 e. The number of ether oxygens (including phenoxy) is 3. The second-order valence-electron chi connectivity index (χ2n) is 8.14. The van der Waals surface area contributed by atoms with Gasteiger partial charge in [-0.25, -0.2) is 0 Å². The Labute approximate surface area is 186 Å². The van der Waals surface area contributed by atoms with E-state index in [1.54, 1.807) is 31.2 Å². The van der Waals surface area contributed by atoms with E-state index in [-0.39, 0.29) is 0 Å². The molecule has 7 heteroatoms. The fourth-order valence-corrected chi connectivity index (χ4v) is 4.94. The lowest BCUT2D eigenvalue weighted by atomic mass is 9.52. The predicted octanol–water partition coefficient (Wildman–Crippen LogP) is 4.28. The van der Waals surface area contributed by atoms with Gasteiger partial charge in [-0.2, -0.15) is 15.8 Å². The molecule has 2 aliphatic rings. The van der Waals surface area contributed by atoms with Gasteiger partial charge in [-0.1, -0.05) is 42.5 Å². The first kappa shape index (κ1) is 21.4. The molecule has 0 spiro atoms. The molecule has 0 aliphatic carbocycles. The third-order valence-electron chi connectivity index (χ3n) is 6.49. The maximum atomic E-state index is 10.4. The first-order valence-electron chi connectivity index (χ1n) is 10.4. The Morgan fingerprint density at radius 3 is 2.22 bits per heavy atom. The van der Waals surface area contributed by atoms with Crippen LogP contribution in [0.2, 0.25) is 0 Å². The topological polar surface area (TPSA) is 123 Å². The van der Waals surface area contributed by atoms with Crippen LogP contribution in [0, 0.1) is 56.2 Å². The zero-order valence-corrected chi connectivity index (χ0v) is 17.8. The van der Waals surface area contributed by atoms with Crippen LogP contribution in [-0.2, 0) is 15.9 Å². The van der Waals surface area contributed by atoms with Crippen molar-refractivity contribution in [3.05, 3.63) is 65.7 Å². The fraction of sp³-hybridized carbons (Fsp3) is 0.360. The van der Waals surface area contributed by atoms with Crippen molar-refractivity contribution >= 4 is 5.90 Å². The highest BCUT2D eigenvalue weighted by molar-refractivity contribution is 5.89. The van der Waals surface area contributed by atoms with Gasteiger partial charge >= 0.3 is 0 Å². The first-order chi connectivity index (χ1) is 15.4. The Bertz CT molecular complexity index is 1140. The standard InChI is InChI=1S/C25H22N4O3/c1-3-30-19-11-9-18(10-12-19)21-24(14-26,15-27)25(16-28)20(13-17-7-5-4-6-8-17)23(2,31-21)32-22(25)29/h4-12,20-21,29H,3,13H2,1-2H3. The van der Waals surface area contributed by atoms with Crippen LogP contribution in [0.25, 0.3) is 0 Å². The van der Waals surface area contributed by atoms with Crippen molar-refractivity contribution in [3.63, 3.8) is 0 Å². The van der Waals surface area contributed by atoms with Crippen molar-refractivity contribution in [1.29, 1.82) is 21.2 Å². The van der Waals surface area contributed by atoms with E-state index < -0.39 is 34.5 Å². The van der Waals surface area contributed by atoms with E-state index in [1.165, 1.54) is 0 Å². The number of benzene rings is 2. The quantitative estimate of drug-likeness (QED) is 0.761. The lowest BCUT2D eigenvalue weighted by Gasteiger charge is -2.48. The summed E-state index contributed by atoms with van der Waals surface area (Å²) in [6, 6.07) is 22.7. The summed E-state index contributed by atoms with van der Waals surface area (Å²) >= 11 is 0. The summed E-state index contributed by atoms with van der Waals surface area (Å²) in [7, 11) is 0. The van der Waals surface area contributed by atoms with Crippen molar-refractivity contribution in [1.82, 2.24) is 0 Å². The van der Waals surface area contributed by atoms with Crippen molar-refractivity contribution in [2.24, 2.45) is 16.7 Å². The molecule has 1 N–H and O–H groups in total. The van der Waals surface area contributed by atoms with Crippen molar-refractivity contribution in [2.75, 3.05) is 6.61 Å². The Morgan fingerprint density at radius 1 is 1.00 bits per heavy atom. The molecule has 2 heterocycles. The van der Waals surface area contributed by atoms with Crippen LogP contribution in [0.5, 0.6) is 5.75 Å². The average Bonchev–Trinajstić information content (AvgIpc) is 2.97. The van der Waals surface area contributed by atoms with Gasteiger partial charge in [0.1, 0.15) is 11.9 Å². The molecule has 2 saturated heterocycles. The lowest BCUT2D eigenvalue weighted by molar-refractivity contribution is -0.272. The van der Waals surface area contributed by atoms with Gasteiger partial charge in [0.25, 0.3) is 0 Å². The van der Waals surface area contributed by atoms with Crippen LogP contribution >= 0.6 is 0 Å². The van der Waals surface area contributed by atoms with E-state index in [0.717, 1.165) is 5.56 Å². The van der Waals surface area contributed by atoms with E-state index in [1.807, 2.05) is 37.3 Å². The summed E-state index contributed by atoms with van der Waals surface area (Å²) in [5.41, 5.74) is -2.35. The molecule has 4 rings (SSSR count). The molecule has 160 valence electrons. The number of rotatable bonds is 5. The van der Waals surface area contributed by atoms with Gasteiger partial charge in [0, 0.05) is 6.92 Å². The van der Waals surface area contributed by atoms with E-state index in [0.29, 0.717) is 24.3 Å². The monoisotopic (exact) mass is 426 g/mol. The van der Waals surface area contributed by atoms with Crippen LogP contribution in [0.4, 0.5) is 0 Å². The largest absolute Gasteiger partial charge is 0.494 e. The maximum absolute atomic E-state index is 10.4. The molecular weight excluding hydrogens is 404 g/mol.